The fourth-order valence-corrected chi connectivity index (χ4v) is 3.41. The Morgan fingerprint density at radius 3 is 3.00 bits per heavy atom. The number of rotatable bonds is 5. The Bertz CT molecular complexity index is 784. The summed E-state index contributed by atoms with van der Waals surface area (Å²) in [4.78, 5) is 23.1. The van der Waals surface area contributed by atoms with Crippen LogP contribution in [0.1, 0.15) is 43.0 Å². The zero-order valence-corrected chi connectivity index (χ0v) is 15.8. The Labute approximate surface area is 158 Å². The number of halogens is 1. The van der Waals surface area contributed by atoms with E-state index in [2.05, 4.69) is 27.1 Å². The van der Waals surface area contributed by atoms with Gasteiger partial charge in [0.15, 0.2) is 0 Å². The summed E-state index contributed by atoms with van der Waals surface area (Å²) < 4.78 is 4.76. The van der Waals surface area contributed by atoms with Crippen molar-refractivity contribution in [2.24, 2.45) is 0 Å². The largest absolute Gasteiger partial charge is 0.465 e. The third kappa shape index (κ3) is 4.07. The molecule has 1 aliphatic rings. The average molecular weight is 375 g/mol. The van der Waals surface area contributed by atoms with Crippen LogP contribution in [0.25, 0.3) is 0 Å². The first-order valence-electron chi connectivity index (χ1n) is 8.87. The first-order chi connectivity index (χ1) is 12.6. The molecular weight excluding hydrogens is 352 g/mol. The van der Waals surface area contributed by atoms with Gasteiger partial charge in [0.1, 0.15) is 5.82 Å². The predicted molar refractivity (Wildman–Crippen MR) is 103 cm³/mol. The number of carbonyl (C=O) groups excluding carboxylic acids is 1. The summed E-state index contributed by atoms with van der Waals surface area (Å²) in [5.74, 6) is 0.952. The molecule has 0 bridgehead atoms. The average Bonchev–Trinajstić information content (AvgIpc) is 2.69. The molecule has 2 heterocycles. The van der Waals surface area contributed by atoms with Crippen molar-refractivity contribution >= 4 is 35.0 Å². The van der Waals surface area contributed by atoms with Crippen LogP contribution in [-0.2, 0) is 4.74 Å². The van der Waals surface area contributed by atoms with Crippen LogP contribution >= 0.6 is 11.6 Å². The number of piperidine rings is 1. The lowest BCUT2D eigenvalue weighted by Gasteiger charge is -2.35. The molecule has 1 aromatic heterocycles. The number of esters is 1. The van der Waals surface area contributed by atoms with Crippen molar-refractivity contribution in [3.63, 3.8) is 0 Å². The number of methoxy groups -OCH3 is 1. The Balaban J connectivity index is 1.84. The van der Waals surface area contributed by atoms with Crippen LogP contribution in [0.15, 0.2) is 30.5 Å². The molecule has 0 spiro atoms. The second kappa shape index (κ2) is 8.36. The summed E-state index contributed by atoms with van der Waals surface area (Å²) in [5, 5.41) is 3.69. The normalized spacial score (nSPS) is 17.0. The lowest BCUT2D eigenvalue weighted by atomic mass is 10.0. The SMILES string of the molecule is CCC1CCCCN1c1nccc(Nc2cc(C(=O)OC)ccc2Cl)n1. The van der Waals surface area contributed by atoms with Crippen molar-refractivity contribution < 1.29 is 9.53 Å². The molecule has 1 fully saturated rings. The number of carbonyl (C=O) groups is 1. The van der Waals surface area contributed by atoms with Gasteiger partial charge in [0, 0.05) is 18.8 Å². The highest BCUT2D eigenvalue weighted by Crippen LogP contribution is 2.28. The first kappa shape index (κ1) is 18.5. The zero-order chi connectivity index (χ0) is 18.5. The Kier molecular flexibility index (Phi) is 5.93. The molecule has 7 heteroatoms. The van der Waals surface area contributed by atoms with Crippen LogP contribution in [-0.4, -0.2) is 35.6 Å². The van der Waals surface area contributed by atoms with Crippen LogP contribution in [0.3, 0.4) is 0 Å². The van der Waals surface area contributed by atoms with E-state index in [0.717, 1.165) is 25.3 Å². The van der Waals surface area contributed by atoms with Gasteiger partial charge in [-0.15, -0.1) is 0 Å². The summed E-state index contributed by atoms with van der Waals surface area (Å²) in [6.07, 6.45) is 6.40. The maximum Gasteiger partial charge on any atom is 0.337 e. The lowest BCUT2D eigenvalue weighted by molar-refractivity contribution is 0.0601. The zero-order valence-electron chi connectivity index (χ0n) is 15.0. The molecule has 1 atom stereocenters. The number of hydrogen-bond acceptors (Lipinski definition) is 6. The summed E-state index contributed by atoms with van der Waals surface area (Å²) in [6.45, 7) is 3.17. The molecule has 1 aromatic carbocycles. The van der Waals surface area contributed by atoms with E-state index in [1.165, 1.54) is 20.0 Å². The second-order valence-corrected chi connectivity index (χ2v) is 6.71. The molecule has 6 nitrogen and oxygen atoms in total. The van der Waals surface area contributed by atoms with Gasteiger partial charge in [-0.25, -0.2) is 9.78 Å². The Morgan fingerprint density at radius 2 is 2.23 bits per heavy atom. The van der Waals surface area contributed by atoms with E-state index in [1.807, 2.05) is 0 Å². The smallest absolute Gasteiger partial charge is 0.337 e. The topological polar surface area (TPSA) is 67.4 Å². The predicted octanol–water partition coefficient (Wildman–Crippen LogP) is 4.43. The minimum atomic E-state index is -0.410. The minimum Gasteiger partial charge on any atom is -0.465 e. The molecular formula is C19H23ClN4O2. The van der Waals surface area contributed by atoms with E-state index < -0.39 is 5.97 Å². The van der Waals surface area contributed by atoms with E-state index in [-0.39, 0.29) is 0 Å². The van der Waals surface area contributed by atoms with Crippen LogP contribution < -0.4 is 10.2 Å². The molecule has 0 saturated carbocycles. The van der Waals surface area contributed by atoms with Crippen molar-refractivity contribution in [2.75, 3.05) is 23.9 Å². The van der Waals surface area contributed by atoms with Gasteiger partial charge >= 0.3 is 5.97 Å². The highest BCUT2D eigenvalue weighted by Gasteiger charge is 2.23. The van der Waals surface area contributed by atoms with Crippen LogP contribution in [0, 0.1) is 0 Å². The van der Waals surface area contributed by atoms with E-state index in [4.69, 9.17) is 16.3 Å². The summed E-state index contributed by atoms with van der Waals surface area (Å²) >= 11 is 6.26. The van der Waals surface area contributed by atoms with Crippen LogP contribution in [0.2, 0.25) is 5.02 Å². The maximum absolute atomic E-state index is 11.7. The second-order valence-electron chi connectivity index (χ2n) is 6.30. The minimum absolute atomic E-state index is 0.410. The fourth-order valence-electron chi connectivity index (χ4n) is 3.25. The number of aromatic nitrogens is 2. The fraction of sp³-hybridized carbons (Fsp3) is 0.421. The number of ether oxygens (including phenoxy) is 1. The number of nitrogens with zero attached hydrogens (tertiary/aromatic N) is 3. The molecule has 1 N–H and O–H groups in total. The molecule has 1 unspecified atom stereocenters. The lowest BCUT2D eigenvalue weighted by Crippen LogP contribution is -2.40. The van der Waals surface area contributed by atoms with E-state index in [9.17, 15) is 4.79 Å². The van der Waals surface area contributed by atoms with Gasteiger partial charge in [0.25, 0.3) is 0 Å². The van der Waals surface area contributed by atoms with Gasteiger partial charge in [-0.2, -0.15) is 4.98 Å². The van der Waals surface area contributed by atoms with Crippen LogP contribution in [0.5, 0.6) is 0 Å². The highest BCUT2D eigenvalue weighted by atomic mass is 35.5. The Morgan fingerprint density at radius 1 is 1.38 bits per heavy atom. The monoisotopic (exact) mass is 374 g/mol. The van der Waals surface area contributed by atoms with Crippen molar-refractivity contribution in [3.05, 3.63) is 41.0 Å². The molecule has 26 heavy (non-hydrogen) atoms. The van der Waals surface area contributed by atoms with Crippen molar-refractivity contribution in [1.29, 1.82) is 0 Å². The van der Waals surface area contributed by atoms with Gasteiger partial charge in [0.05, 0.1) is 23.4 Å². The van der Waals surface area contributed by atoms with Crippen LogP contribution in [0.4, 0.5) is 17.5 Å². The molecule has 1 saturated heterocycles. The van der Waals surface area contributed by atoms with E-state index >= 15 is 0 Å². The maximum atomic E-state index is 11.7. The van der Waals surface area contributed by atoms with Crippen molar-refractivity contribution in [2.45, 2.75) is 38.6 Å². The van der Waals surface area contributed by atoms with Gasteiger partial charge in [-0.3, -0.25) is 0 Å². The van der Waals surface area contributed by atoms with Gasteiger partial charge in [0.2, 0.25) is 5.95 Å². The first-order valence-corrected chi connectivity index (χ1v) is 9.24. The molecule has 1 aliphatic heterocycles. The van der Waals surface area contributed by atoms with Gasteiger partial charge in [-0.1, -0.05) is 18.5 Å². The molecule has 138 valence electrons. The van der Waals surface area contributed by atoms with Gasteiger partial charge in [-0.05, 0) is 49.9 Å². The molecule has 0 radical (unpaired) electrons. The number of nitrogens with one attached hydrogen (secondary N) is 1. The van der Waals surface area contributed by atoms with Gasteiger partial charge < -0.3 is 15.0 Å². The van der Waals surface area contributed by atoms with E-state index in [0.29, 0.717) is 28.1 Å². The summed E-state index contributed by atoms with van der Waals surface area (Å²) in [7, 11) is 1.35. The summed E-state index contributed by atoms with van der Waals surface area (Å²) in [6, 6.07) is 7.21. The molecule has 0 aliphatic carbocycles. The molecule has 2 aromatic rings. The third-order valence-electron chi connectivity index (χ3n) is 4.65. The standard InChI is InChI=1S/C19H23ClN4O2/c1-3-14-6-4-5-11-24(14)19-21-10-9-17(23-19)22-16-12-13(18(25)26-2)7-8-15(16)20/h7-10,12,14H,3-6,11H2,1-2H3,(H,21,22,23). The number of anilines is 3. The molecule has 3 rings (SSSR count). The summed E-state index contributed by atoms with van der Waals surface area (Å²) in [5.41, 5.74) is 1.03. The highest BCUT2D eigenvalue weighted by molar-refractivity contribution is 6.33. The van der Waals surface area contributed by atoms with Crippen molar-refractivity contribution in [3.8, 4) is 0 Å². The number of benzene rings is 1. The molecule has 0 amide bonds. The Hall–Kier alpha value is -2.34. The number of hydrogen-bond donors (Lipinski definition) is 1. The third-order valence-corrected chi connectivity index (χ3v) is 4.98. The van der Waals surface area contributed by atoms with E-state index in [1.54, 1.807) is 30.5 Å². The quantitative estimate of drug-likeness (QED) is 0.781. The van der Waals surface area contributed by atoms with Crippen molar-refractivity contribution in [1.82, 2.24) is 9.97 Å².